The largest absolute Gasteiger partial charge is 0.103 e. The summed E-state index contributed by atoms with van der Waals surface area (Å²) < 4.78 is 0. The number of allylic oxidation sites excluding steroid dienone is 1. The first-order valence-corrected chi connectivity index (χ1v) is 7.05. The van der Waals surface area contributed by atoms with Crippen LogP contribution in [0.5, 0.6) is 0 Å². The van der Waals surface area contributed by atoms with Crippen molar-refractivity contribution in [2.45, 2.75) is 50.5 Å². The number of hydrogen-bond donors (Lipinski definition) is 0. The molecule has 0 heterocycles. The zero-order valence-corrected chi connectivity index (χ0v) is 10.9. The van der Waals surface area contributed by atoms with E-state index in [1.165, 1.54) is 55.2 Å². The first-order valence-electron chi connectivity index (χ1n) is 5.89. The van der Waals surface area contributed by atoms with E-state index in [0.717, 1.165) is 16.9 Å². The quantitative estimate of drug-likeness (QED) is 0.468. The lowest BCUT2D eigenvalue weighted by atomic mass is 9.60. The summed E-state index contributed by atoms with van der Waals surface area (Å²) in [5, 5.41) is 0. The van der Waals surface area contributed by atoms with Crippen LogP contribution in [0.2, 0.25) is 5.54 Å². The Labute approximate surface area is 85.2 Å². The molecule has 1 atom stereocenters. The predicted octanol–water partition coefficient (Wildman–Crippen LogP) is 2.69. The molecule has 2 aliphatic rings. The molecule has 13 heavy (non-hydrogen) atoms. The summed E-state index contributed by atoms with van der Waals surface area (Å²) in [7, 11) is 1.42. The van der Waals surface area contributed by atoms with Crippen molar-refractivity contribution in [2.24, 2.45) is 11.3 Å². The lowest BCUT2D eigenvalue weighted by Gasteiger charge is -2.51. The summed E-state index contributed by atoms with van der Waals surface area (Å²) in [5.74, 6) is 1.11. The Morgan fingerprint density at radius 2 is 1.92 bits per heavy atom. The van der Waals surface area contributed by atoms with Crippen molar-refractivity contribution >= 4 is 10.2 Å². The predicted molar refractivity (Wildman–Crippen MR) is 62.1 cm³/mol. The third kappa shape index (κ3) is 1.52. The minimum Gasteiger partial charge on any atom is -0.103 e. The van der Waals surface area contributed by atoms with Gasteiger partial charge in [0.2, 0.25) is 0 Å². The molecule has 2 rings (SSSR count). The monoisotopic (exact) mass is 194 g/mol. The van der Waals surface area contributed by atoms with Gasteiger partial charge in [0.1, 0.15) is 0 Å². The zero-order chi connectivity index (χ0) is 9.31. The van der Waals surface area contributed by atoms with E-state index >= 15 is 0 Å². The normalized spacial score (nSPS) is 44.6. The average molecular weight is 194 g/mol. The fourth-order valence-electron chi connectivity index (χ4n) is 3.83. The molecule has 0 aliphatic heterocycles. The van der Waals surface area contributed by atoms with Crippen molar-refractivity contribution in [3.63, 3.8) is 0 Å². The summed E-state index contributed by atoms with van der Waals surface area (Å²) in [6.07, 6.45) is 12.6. The number of fused-ring (bicyclic) bond motifs is 2. The van der Waals surface area contributed by atoms with Crippen LogP contribution in [0, 0.1) is 11.3 Å². The minimum absolute atomic E-state index is 0.731. The lowest BCUT2D eigenvalue weighted by Crippen LogP contribution is -2.38. The molecule has 2 fully saturated rings. The SMILES string of the molecule is C=CCC12CCCC(CCC1)C2[SiH3]. The van der Waals surface area contributed by atoms with Gasteiger partial charge < -0.3 is 0 Å². The first-order chi connectivity index (χ1) is 6.28. The average Bonchev–Trinajstić information content (AvgIpc) is 2.07. The fraction of sp³-hybridized carbons (Fsp3) is 0.833. The highest BCUT2D eigenvalue weighted by Gasteiger charge is 2.43. The smallest absolute Gasteiger partial charge is 0.00780 e. The van der Waals surface area contributed by atoms with Gasteiger partial charge in [-0.1, -0.05) is 31.8 Å². The van der Waals surface area contributed by atoms with Crippen LogP contribution in [0.1, 0.15) is 44.9 Å². The van der Waals surface area contributed by atoms with E-state index in [1.807, 2.05) is 0 Å². The van der Waals surface area contributed by atoms with Crippen LogP contribution in [0.25, 0.3) is 0 Å². The van der Waals surface area contributed by atoms with Crippen LogP contribution in [-0.4, -0.2) is 10.2 Å². The third-order valence-corrected chi connectivity index (χ3v) is 6.89. The molecule has 0 radical (unpaired) electrons. The molecule has 74 valence electrons. The molecule has 1 heteroatoms. The summed E-state index contributed by atoms with van der Waals surface area (Å²) in [6.45, 7) is 3.95. The van der Waals surface area contributed by atoms with E-state index < -0.39 is 0 Å². The Morgan fingerprint density at radius 1 is 1.31 bits per heavy atom. The molecule has 0 amide bonds. The van der Waals surface area contributed by atoms with Gasteiger partial charge >= 0.3 is 0 Å². The van der Waals surface area contributed by atoms with Gasteiger partial charge in [0, 0.05) is 10.2 Å². The topological polar surface area (TPSA) is 0 Å². The van der Waals surface area contributed by atoms with Gasteiger partial charge in [-0.2, -0.15) is 0 Å². The second-order valence-corrected chi connectivity index (χ2v) is 6.43. The molecular weight excluding hydrogens is 172 g/mol. The van der Waals surface area contributed by atoms with Gasteiger partial charge in [0.25, 0.3) is 0 Å². The van der Waals surface area contributed by atoms with Crippen molar-refractivity contribution in [2.75, 3.05) is 0 Å². The van der Waals surface area contributed by atoms with Crippen LogP contribution in [0.3, 0.4) is 0 Å². The standard InChI is InChI=1S/C12H22Si/c1-2-7-12-8-3-5-10(11(12)13)6-4-9-12/h2,10-11H,1,3-9H2,13H3. The summed E-state index contributed by atoms with van der Waals surface area (Å²) in [6, 6.07) is 0. The van der Waals surface area contributed by atoms with E-state index in [-0.39, 0.29) is 0 Å². The molecule has 0 spiro atoms. The second-order valence-electron chi connectivity index (χ2n) is 5.19. The molecule has 0 N–H and O–H groups in total. The zero-order valence-electron chi connectivity index (χ0n) is 8.89. The Bertz CT molecular complexity index is 187. The van der Waals surface area contributed by atoms with E-state index in [4.69, 9.17) is 0 Å². The molecular formula is C12H22Si. The van der Waals surface area contributed by atoms with Gasteiger partial charge in [-0.15, -0.1) is 6.58 Å². The van der Waals surface area contributed by atoms with Gasteiger partial charge in [-0.25, -0.2) is 0 Å². The van der Waals surface area contributed by atoms with Crippen LogP contribution in [0.4, 0.5) is 0 Å². The molecule has 0 aromatic rings. The van der Waals surface area contributed by atoms with Gasteiger partial charge in [0.05, 0.1) is 0 Å². The van der Waals surface area contributed by atoms with E-state index in [9.17, 15) is 0 Å². The maximum absolute atomic E-state index is 3.95. The highest BCUT2D eigenvalue weighted by molar-refractivity contribution is 6.12. The molecule has 2 bridgehead atoms. The molecule has 0 saturated heterocycles. The maximum Gasteiger partial charge on any atom is 0.00780 e. The molecule has 2 saturated carbocycles. The summed E-state index contributed by atoms with van der Waals surface area (Å²) in [4.78, 5) is 0. The minimum atomic E-state index is 0.731. The number of rotatable bonds is 2. The highest BCUT2D eigenvalue weighted by Crippen LogP contribution is 2.57. The summed E-state index contributed by atoms with van der Waals surface area (Å²) >= 11 is 0. The third-order valence-electron chi connectivity index (χ3n) is 4.72. The Balaban J connectivity index is 2.17. The Hall–Kier alpha value is -0.0431. The fourth-order valence-corrected chi connectivity index (χ4v) is 5.31. The van der Waals surface area contributed by atoms with Crippen LogP contribution in [0.15, 0.2) is 12.7 Å². The number of hydrogen-bond acceptors (Lipinski definition) is 0. The molecule has 0 aromatic heterocycles. The molecule has 0 aromatic carbocycles. The van der Waals surface area contributed by atoms with Crippen LogP contribution in [-0.2, 0) is 0 Å². The maximum atomic E-state index is 3.95. The summed E-state index contributed by atoms with van der Waals surface area (Å²) in [5.41, 5.74) is 1.84. The Morgan fingerprint density at radius 3 is 2.46 bits per heavy atom. The van der Waals surface area contributed by atoms with Crippen molar-refractivity contribution in [1.29, 1.82) is 0 Å². The highest BCUT2D eigenvalue weighted by atomic mass is 28.1. The molecule has 1 unspecified atom stereocenters. The van der Waals surface area contributed by atoms with Gasteiger partial charge in [-0.05, 0) is 36.1 Å². The van der Waals surface area contributed by atoms with Crippen molar-refractivity contribution in [1.82, 2.24) is 0 Å². The van der Waals surface area contributed by atoms with Gasteiger partial charge in [-0.3, -0.25) is 0 Å². The van der Waals surface area contributed by atoms with Crippen LogP contribution < -0.4 is 0 Å². The van der Waals surface area contributed by atoms with Crippen molar-refractivity contribution in [3.8, 4) is 0 Å². The van der Waals surface area contributed by atoms with Gasteiger partial charge in [0.15, 0.2) is 0 Å². The Kier molecular flexibility index (Phi) is 2.64. The van der Waals surface area contributed by atoms with E-state index in [1.54, 1.807) is 0 Å². The first kappa shape index (κ1) is 9.51. The molecule has 0 nitrogen and oxygen atoms in total. The van der Waals surface area contributed by atoms with E-state index in [2.05, 4.69) is 12.7 Å². The van der Waals surface area contributed by atoms with E-state index in [0.29, 0.717) is 0 Å². The lowest BCUT2D eigenvalue weighted by molar-refractivity contribution is 0.0820. The van der Waals surface area contributed by atoms with Crippen molar-refractivity contribution in [3.05, 3.63) is 12.7 Å². The van der Waals surface area contributed by atoms with Crippen molar-refractivity contribution < 1.29 is 0 Å². The molecule has 2 aliphatic carbocycles. The van der Waals surface area contributed by atoms with Crippen LogP contribution >= 0.6 is 0 Å². The second kappa shape index (κ2) is 3.60.